The number of carbonyl (C=O) groups is 1. The van der Waals surface area contributed by atoms with E-state index >= 15 is 0 Å². The molecule has 0 aliphatic carbocycles. The van der Waals surface area contributed by atoms with Crippen molar-refractivity contribution in [2.24, 2.45) is 0 Å². The summed E-state index contributed by atoms with van der Waals surface area (Å²) in [5.41, 5.74) is 0.802. The molecule has 1 fully saturated rings. The van der Waals surface area contributed by atoms with Crippen LogP contribution in [0, 0.1) is 0 Å². The topological polar surface area (TPSA) is 57.7 Å². The molecule has 24 heavy (non-hydrogen) atoms. The molecular formula is C18H20N2O3S. The lowest BCUT2D eigenvalue weighted by atomic mass is 10.1. The van der Waals surface area contributed by atoms with Crippen LogP contribution in [-0.4, -0.2) is 36.6 Å². The standard InChI is InChI=1S/C18H20N2O3S/c1-2-17(21)19-13-14-20(18(19)15-9-5-3-6-10-15)24(22,23)16-11-7-4-8-12-16/h3-12,18H,2,13-14H2,1H3. The fraction of sp³-hybridized carbons (Fsp3) is 0.278. The van der Waals surface area contributed by atoms with Gasteiger partial charge in [0.2, 0.25) is 15.9 Å². The van der Waals surface area contributed by atoms with E-state index in [4.69, 9.17) is 0 Å². The van der Waals surface area contributed by atoms with Gasteiger partial charge >= 0.3 is 0 Å². The summed E-state index contributed by atoms with van der Waals surface area (Å²) in [6, 6.07) is 17.7. The average molecular weight is 344 g/mol. The molecule has 0 N–H and O–H groups in total. The Hall–Kier alpha value is -2.18. The lowest BCUT2D eigenvalue weighted by Gasteiger charge is -2.30. The van der Waals surface area contributed by atoms with Gasteiger partial charge in [-0.1, -0.05) is 55.5 Å². The minimum Gasteiger partial charge on any atom is -0.320 e. The molecule has 1 atom stereocenters. The van der Waals surface area contributed by atoms with Crippen molar-refractivity contribution in [1.29, 1.82) is 0 Å². The number of carbonyl (C=O) groups excluding carboxylic acids is 1. The van der Waals surface area contributed by atoms with Gasteiger partial charge in [-0.3, -0.25) is 4.79 Å². The second-order valence-electron chi connectivity index (χ2n) is 5.65. The zero-order valence-electron chi connectivity index (χ0n) is 13.5. The summed E-state index contributed by atoms with van der Waals surface area (Å²) < 4.78 is 27.5. The molecule has 0 radical (unpaired) electrons. The first-order chi connectivity index (χ1) is 11.6. The first-order valence-electron chi connectivity index (χ1n) is 7.97. The molecule has 1 heterocycles. The second kappa shape index (κ2) is 6.75. The van der Waals surface area contributed by atoms with Crippen LogP contribution in [0.15, 0.2) is 65.6 Å². The molecule has 0 saturated carbocycles. The van der Waals surface area contributed by atoms with E-state index in [-0.39, 0.29) is 10.8 Å². The smallest absolute Gasteiger partial charge is 0.245 e. The summed E-state index contributed by atoms with van der Waals surface area (Å²) in [6.07, 6.45) is -0.244. The minimum absolute atomic E-state index is 0.0467. The van der Waals surface area contributed by atoms with Gasteiger partial charge in [-0.15, -0.1) is 0 Å². The SMILES string of the molecule is CCC(=O)N1CCN(S(=O)(=O)c2ccccc2)C1c1ccccc1. The maximum absolute atomic E-state index is 13.1. The van der Waals surface area contributed by atoms with Gasteiger partial charge < -0.3 is 4.90 Å². The van der Waals surface area contributed by atoms with E-state index in [0.29, 0.717) is 19.5 Å². The molecule has 1 aliphatic rings. The molecule has 1 amide bonds. The van der Waals surface area contributed by atoms with Crippen LogP contribution in [0.4, 0.5) is 0 Å². The predicted octanol–water partition coefficient (Wildman–Crippen LogP) is 2.63. The van der Waals surface area contributed by atoms with Gasteiger partial charge in [-0.2, -0.15) is 4.31 Å². The number of rotatable bonds is 4. The maximum atomic E-state index is 13.1. The molecule has 1 aliphatic heterocycles. The van der Waals surface area contributed by atoms with Crippen LogP contribution in [0.25, 0.3) is 0 Å². The van der Waals surface area contributed by atoms with E-state index in [9.17, 15) is 13.2 Å². The minimum atomic E-state index is -3.67. The summed E-state index contributed by atoms with van der Waals surface area (Å²) in [5.74, 6) is -0.0467. The van der Waals surface area contributed by atoms with Gasteiger partial charge in [0.05, 0.1) is 4.90 Å². The highest BCUT2D eigenvalue weighted by molar-refractivity contribution is 7.89. The molecule has 1 saturated heterocycles. The fourth-order valence-electron chi connectivity index (χ4n) is 3.02. The molecule has 3 rings (SSSR count). The summed E-state index contributed by atoms with van der Waals surface area (Å²) in [5, 5.41) is 0. The van der Waals surface area contributed by atoms with Crippen LogP contribution < -0.4 is 0 Å². The van der Waals surface area contributed by atoms with E-state index in [1.165, 1.54) is 4.31 Å². The number of hydrogen-bond acceptors (Lipinski definition) is 3. The fourth-order valence-corrected chi connectivity index (χ4v) is 4.61. The summed E-state index contributed by atoms with van der Waals surface area (Å²) in [6.45, 7) is 2.49. The summed E-state index contributed by atoms with van der Waals surface area (Å²) in [7, 11) is -3.67. The third-order valence-corrected chi connectivity index (χ3v) is 6.07. The average Bonchev–Trinajstić information content (AvgIpc) is 3.08. The lowest BCUT2D eigenvalue weighted by molar-refractivity contribution is -0.132. The van der Waals surface area contributed by atoms with Crippen LogP contribution in [0.5, 0.6) is 0 Å². The third kappa shape index (κ3) is 2.95. The molecule has 1 unspecified atom stereocenters. The highest BCUT2D eigenvalue weighted by atomic mass is 32.2. The zero-order valence-corrected chi connectivity index (χ0v) is 14.3. The van der Waals surface area contributed by atoms with Crippen LogP contribution in [0.1, 0.15) is 25.1 Å². The Morgan fingerprint density at radius 3 is 2.17 bits per heavy atom. The van der Waals surface area contributed by atoms with Crippen LogP contribution in [0.2, 0.25) is 0 Å². The van der Waals surface area contributed by atoms with Gasteiger partial charge in [0.15, 0.2) is 0 Å². The van der Waals surface area contributed by atoms with Crippen LogP contribution >= 0.6 is 0 Å². The van der Waals surface area contributed by atoms with Gasteiger partial charge in [-0.05, 0) is 17.7 Å². The van der Waals surface area contributed by atoms with Gasteiger partial charge in [0.1, 0.15) is 6.17 Å². The van der Waals surface area contributed by atoms with Crippen molar-refractivity contribution in [3.63, 3.8) is 0 Å². The van der Waals surface area contributed by atoms with E-state index < -0.39 is 16.2 Å². The van der Waals surface area contributed by atoms with Crippen molar-refractivity contribution in [2.45, 2.75) is 24.4 Å². The molecule has 2 aromatic carbocycles. The largest absolute Gasteiger partial charge is 0.320 e. The molecule has 126 valence electrons. The number of benzene rings is 2. The van der Waals surface area contributed by atoms with Crippen molar-refractivity contribution < 1.29 is 13.2 Å². The van der Waals surface area contributed by atoms with Crippen LogP contribution in [0.3, 0.4) is 0 Å². The van der Waals surface area contributed by atoms with Crippen molar-refractivity contribution in [1.82, 2.24) is 9.21 Å². The number of sulfonamides is 1. The summed E-state index contributed by atoms with van der Waals surface area (Å²) in [4.78, 5) is 14.2. The van der Waals surface area contributed by atoms with Crippen molar-refractivity contribution in [3.05, 3.63) is 66.2 Å². The Labute approximate surface area is 142 Å². The number of hydrogen-bond donors (Lipinski definition) is 0. The quantitative estimate of drug-likeness (QED) is 0.857. The van der Waals surface area contributed by atoms with Gasteiger partial charge in [-0.25, -0.2) is 8.42 Å². The van der Waals surface area contributed by atoms with E-state index in [0.717, 1.165) is 5.56 Å². The number of amides is 1. The molecular weight excluding hydrogens is 324 g/mol. The van der Waals surface area contributed by atoms with Gasteiger partial charge in [0, 0.05) is 19.5 Å². The normalized spacial score (nSPS) is 18.7. The van der Waals surface area contributed by atoms with Crippen molar-refractivity contribution in [2.75, 3.05) is 13.1 Å². The Kier molecular flexibility index (Phi) is 4.69. The van der Waals surface area contributed by atoms with E-state index in [1.807, 2.05) is 30.3 Å². The zero-order chi connectivity index (χ0) is 17.2. The van der Waals surface area contributed by atoms with Crippen molar-refractivity contribution >= 4 is 15.9 Å². The van der Waals surface area contributed by atoms with Crippen LogP contribution in [-0.2, 0) is 14.8 Å². The Balaban J connectivity index is 2.05. The molecule has 2 aromatic rings. The first kappa shape index (κ1) is 16.7. The number of nitrogens with zero attached hydrogens (tertiary/aromatic N) is 2. The van der Waals surface area contributed by atoms with E-state index in [1.54, 1.807) is 42.2 Å². The maximum Gasteiger partial charge on any atom is 0.245 e. The Morgan fingerprint density at radius 2 is 1.58 bits per heavy atom. The summed E-state index contributed by atoms with van der Waals surface area (Å²) >= 11 is 0. The monoisotopic (exact) mass is 344 g/mol. The Morgan fingerprint density at radius 1 is 1.00 bits per heavy atom. The van der Waals surface area contributed by atoms with Crippen molar-refractivity contribution in [3.8, 4) is 0 Å². The highest BCUT2D eigenvalue weighted by Crippen LogP contribution is 2.35. The molecule has 0 spiro atoms. The molecule has 0 bridgehead atoms. The molecule has 6 heteroatoms. The van der Waals surface area contributed by atoms with E-state index in [2.05, 4.69) is 0 Å². The second-order valence-corrected chi connectivity index (χ2v) is 7.54. The predicted molar refractivity (Wildman–Crippen MR) is 91.5 cm³/mol. The van der Waals surface area contributed by atoms with Gasteiger partial charge in [0.25, 0.3) is 0 Å². The third-order valence-electron chi connectivity index (χ3n) is 4.20. The lowest BCUT2D eigenvalue weighted by Crippen LogP contribution is -2.37. The first-order valence-corrected chi connectivity index (χ1v) is 9.41. The molecule has 5 nitrogen and oxygen atoms in total. The molecule has 0 aromatic heterocycles. The Bertz CT molecular complexity index is 807. The highest BCUT2D eigenvalue weighted by Gasteiger charge is 2.42.